The smallest absolute Gasteiger partial charge is 0.271 e. The van der Waals surface area contributed by atoms with Crippen LogP contribution in [0.15, 0.2) is 65.1 Å². The van der Waals surface area contributed by atoms with Crippen molar-refractivity contribution in [1.29, 1.82) is 0 Å². The normalized spacial score (nSPS) is 10.9. The van der Waals surface area contributed by atoms with Gasteiger partial charge in [0.15, 0.2) is 18.1 Å². The van der Waals surface area contributed by atoms with Gasteiger partial charge in [0, 0.05) is 22.2 Å². The molecule has 0 bridgehead atoms. The zero-order valence-corrected chi connectivity index (χ0v) is 23.7. The van der Waals surface area contributed by atoms with E-state index >= 15 is 0 Å². The van der Waals surface area contributed by atoms with E-state index in [-0.39, 0.29) is 29.0 Å². The largest absolute Gasteiger partial charge is 0.493 e. The molecule has 0 fully saturated rings. The Morgan fingerprint density at radius 2 is 1.79 bits per heavy atom. The second kappa shape index (κ2) is 12.9. The van der Waals surface area contributed by atoms with E-state index in [0.29, 0.717) is 26.9 Å². The lowest BCUT2D eigenvalue weighted by molar-refractivity contribution is -0.118. The fraction of sp³-hybridized carbons (Fsp3) is 0.111. The zero-order chi connectivity index (χ0) is 27.9. The number of aromatic nitrogens is 1. The van der Waals surface area contributed by atoms with Crippen LogP contribution in [0.2, 0.25) is 15.1 Å². The molecule has 8 nitrogen and oxygen atoms in total. The van der Waals surface area contributed by atoms with Gasteiger partial charge in [0.05, 0.1) is 39.1 Å². The first-order chi connectivity index (χ1) is 18.7. The molecule has 1 heterocycles. The number of thiazole rings is 1. The zero-order valence-electron chi connectivity index (χ0n) is 20.6. The summed E-state index contributed by atoms with van der Waals surface area (Å²) in [6.45, 7) is 1.61. The molecule has 1 aromatic heterocycles. The van der Waals surface area contributed by atoms with Crippen molar-refractivity contribution in [1.82, 2.24) is 10.4 Å². The van der Waals surface area contributed by atoms with Crippen LogP contribution in [0.3, 0.4) is 0 Å². The lowest BCUT2D eigenvalue weighted by Crippen LogP contribution is -2.20. The lowest BCUT2D eigenvalue weighted by Gasteiger charge is -2.13. The van der Waals surface area contributed by atoms with Crippen molar-refractivity contribution in [3.8, 4) is 22.8 Å². The number of carbonyl (C=O) groups is 2. The summed E-state index contributed by atoms with van der Waals surface area (Å²) in [6.07, 6.45) is 1.42. The van der Waals surface area contributed by atoms with Gasteiger partial charge >= 0.3 is 0 Å². The summed E-state index contributed by atoms with van der Waals surface area (Å²) in [6, 6.07) is 15.0. The van der Waals surface area contributed by atoms with Gasteiger partial charge in [-0.2, -0.15) is 5.10 Å². The number of methoxy groups -OCH3 is 1. The molecule has 0 saturated carbocycles. The van der Waals surface area contributed by atoms with Gasteiger partial charge in [0.1, 0.15) is 0 Å². The number of benzene rings is 3. The molecule has 2 N–H and O–H groups in total. The minimum Gasteiger partial charge on any atom is -0.493 e. The van der Waals surface area contributed by atoms with E-state index in [0.717, 1.165) is 16.3 Å². The lowest BCUT2D eigenvalue weighted by atomic mass is 10.1. The Labute approximate surface area is 243 Å². The van der Waals surface area contributed by atoms with Crippen molar-refractivity contribution >= 4 is 69.9 Å². The van der Waals surface area contributed by atoms with Crippen LogP contribution >= 0.6 is 46.1 Å². The van der Waals surface area contributed by atoms with E-state index < -0.39 is 5.91 Å². The van der Waals surface area contributed by atoms with E-state index in [4.69, 9.17) is 44.3 Å². The molecule has 0 aliphatic heterocycles. The molecule has 39 heavy (non-hydrogen) atoms. The maximum Gasteiger partial charge on any atom is 0.271 e. The highest BCUT2D eigenvalue weighted by molar-refractivity contribution is 7.09. The van der Waals surface area contributed by atoms with Crippen LogP contribution in [0.25, 0.3) is 11.3 Å². The van der Waals surface area contributed by atoms with Crippen molar-refractivity contribution in [3.63, 3.8) is 0 Å². The first-order valence-electron chi connectivity index (χ1n) is 11.3. The molecule has 4 aromatic rings. The molecule has 0 spiro atoms. The van der Waals surface area contributed by atoms with Gasteiger partial charge in [-0.1, -0.05) is 46.9 Å². The minimum absolute atomic E-state index is 0.181. The summed E-state index contributed by atoms with van der Waals surface area (Å²) in [5, 5.41) is 10.5. The highest BCUT2D eigenvalue weighted by Gasteiger charge is 2.14. The number of amides is 2. The third kappa shape index (κ3) is 7.48. The Bertz CT molecular complexity index is 1540. The van der Waals surface area contributed by atoms with Gasteiger partial charge in [-0.3, -0.25) is 9.59 Å². The third-order valence-corrected chi connectivity index (χ3v) is 7.04. The molecule has 200 valence electrons. The monoisotopic (exact) mass is 602 g/mol. The number of carbonyl (C=O) groups excluding carboxylic acids is 2. The van der Waals surface area contributed by atoms with Crippen LogP contribution in [0.4, 0.5) is 5.69 Å². The SMILES string of the molecule is COc1cc(/C=N/NC(=O)c2ccc(-c3csc(C)n3)cc2)cc(Cl)c1OCC(=O)Nc1ccc(Cl)c(Cl)c1. The molecule has 0 aliphatic carbocycles. The predicted octanol–water partition coefficient (Wildman–Crippen LogP) is 6.87. The summed E-state index contributed by atoms with van der Waals surface area (Å²) < 4.78 is 11.0. The Balaban J connectivity index is 1.35. The maximum atomic E-state index is 12.5. The number of hydrogen-bond donors (Lipinski definition) is 2. The van der Waals surface area contributed by atoms with Crippen molar-refractivity contribution < 1.29 is 19.1 Å². The van der Waals surface area contributed by atoms with Crippen molar-refractivity contribution in [2.24, 2.45) is 5.10 Å². The van der Waals surface area contributed by atoms with E-state index in [2.05, 4.69) is 20.8 Å². The fourth-order valence-corrected chi connectivity index (χ4v) is 4.58. The topological polar surface area (TPSA) is 102 Å². The molecule has 0 radical (unpaired) electrons. The number of halogens is 3. The molecule has 2 amide bonds. The van der Waals surface area contributed by atoms with E-state index in [1.807, 2.05) is 24.4 Å². The predicted molar refractivity (Wildman–Crippen MR) is 156 cm³/mol. The molecule has 0 atom stereocenters. The van der Waals surface area contributed by atoms with Gasteiger partial charge in [0.2, 0.25) is 0 Å². The van der Waals surface area contributed by atoms with Gasteiger partial charge in [-0.05, 0) is 55.0 Å². The molecular formula is C27H21Cl3N4O4S. The van der Waals surface area contributed by atoms with Crippen LogP contribution in [-0.2, 0) is 4.79 Å². The molecule has 3 aromatic carbocycles. The number of anilines is 1. The maximum absolute atomic E-state index is 12.5. The number of rotatable bonds is 9. The summed E-state index contributed by atoms with van der Waals surface area (Å²) in [5.41, 5.74) is 5.73. The van der Waals surface area contributed by atoms with Gasteiger partial charge in [-0.15, -0.1) is 11.3 Å². The fourth-order valence-electron chi connectivity index (χ4n) is 3.38. The standard InChI is InChI=1S/C27H21Cl3N4O4S/c1-15-32-23(14-39-15)17-3-5-18(6-4-17)27(36)34-31-12-16-9-22(30)26(24(10-16)37-2)38-13-25(35)33-19-7-8-20(28)21(29)11-19/h3-12,14H,13H2,1-2H3,(H,33,35)(H,34,36)/b31-12+. The van der Waals surface area contributed by atoms with Crippen LogP contribution in [0.1, 0.15) is 20.9 Å². The van der Waals surface area contributed by atoms with Crippen LogP contribution < -0.4 is 20.2 Å². The minimum atomic E-state index is -0.436. The number of hydrogen-bond acceptors (Lipinski definition) is 7. The average molecular weight is 604 g/mol. The molecule has 12 heteroatoms. The first-order valence-corrected chi connectivity index (χ1v) is 13.4. The number of nitrogens with zero attached hydrogens (tertiary/aromatic N) is 2. The van der Waals surface area contributed by atoms with Gasteiger partial charge in [-0.25, -0.2) is 10.4 Å². The van der Waals surface area contributed by atoms with Crippen molar-refractivity contribution in [3.05, 3.63) is 91.2 Å². The van der Waals surface area contributed by atoms with Crippen LogP contribution in [0, 0.1) is 6.92 Å². The number of hydrazone groups is 1. The summed E-state index contributed by atoms with van der Waals surface area (Å²) >= 11 is 19.8. The Kier molecular flexibility index (Phi) is 9.42. The second-order valence-corrected chi connectivity index (χ2v) is 10.3. The highest BCUT2D eigenvalue weighted by Crippen LogP contribution is 2.36. The van der Waals surface area contributed by atoms with Crippen molar-refractivity contribution in [2.75, 3.05) is 19.0 Å². The molecule has 4 rings (SSSR count). The molecule has 0 saturated heterocycles. The van der Waals surface area contributed by atoms with E-state index in [9.17, 15) is 9.59 Å². The molecule has 0 unspecified atom stereocenters. The Morgan fingerprint density at radius 1 is 1.03 bits per heavy atom. The number of ether oxygens (including phenoxy) is 2. The highest BCUT2D eigenvalue weighted by atomic mass is 35.5. The van der Waals surface area contributed by atoms with E-state index in [1.54, 1.807) is 47.7 Å². The quantitative estimate of drug-likeness (QED) is 0.161. The summed E-state index contributed by atoms with van der Waals surface area (Å²) in [4.78, 5) is 29.2. The van der Waals surface area contributed by atoms with Crippen LogP contribution in [0.5, 0.6) is 11.5 Å². The second-order valence-electron chi connectivity index (χ2n) is 8.03. The molecule has 0 aliphatic rings. The Hall–Kier alpha value is -3.63. The van der Waals surface area contributed by atoms with Gasteiger partial charge in [0.25, 0.3) is 11.8 Å². The number of nitrogens with one attached hydrogen (secondary N) is 2. The van der Waals surface area contributed by atoms with Crippen LogP contribution in [-0.4, -0.2) is 36.7 Å². The third-order valence-electron chi connectivity index (χ3n) is 5.24. The summed E-state index contributed by atoms with van der Waals surface area (Å²) in [7, 11) is 1.44. The average Bonchev–Trinajstić information content (AvgIpc) is 3.36. The van der Waals surface area contributed by atoms with Crippen molar-refractivity contribution in [2.45, 2.75) is 6.92 Å². The number of aryl methyl sites for hydroxylation is 1. The Morgan fingerprint density at radius 3 is 2.46 bits per heavy atom. The first kappa shape index (κ1) is 28.4. The molecular weight excluding hydrogens is 583 g/mol. The van der Waals surface area contributed by atoms with Gasteiger partial charge < -0.3 is 14.8 Å². The summed E-state index contributed by atoms with van der Waals surface area (Å²) in [5.74, 6) is -0.349. The van der Waals surface area contributed by atoms with E-state index in [1.165, 1.54) is 19.4 Å².